The first-order valence-corrected chi connectivity index (χ1v) is 15.9. The molecule has 5 heteroatoms. The number of halogens is 1. The summed E-state index contributed by atoms with van der Waals surface area (Å²) in [5.74, 6) is 0.862. The van der Waals surface area contributed by atoms with Crippen molar-refractivity contribution < 1.29 is 4.42 Å². The Balaban J connectivity index is 1.20. The molecule has 8 aromatic rings. The lowest BCUT2D eigenvalue weighted by Crippen LogP contribution is -2.45. The fraction of sp³-hybridized carbons (Fsp3) is 0.0488. The first-order chi connectivity index (χ1) is 22.7. The maximum Gasteiger partial charge on any atom is 0.154 e. The highest BCUT2D eigenvalue weighted by Crippen LogP contribution is 2.43. The monoisotopic (exact) mass is 613 g/mol. The summed E-state index contributed by atoms with van der Waals surface area (Å²) in [5, 5.41) is 15.0. The third-order valence-electron chi connectivity index (χ3n) is 9.04. The Bertz CT molecular complexity index is 2460. The van der Waals surface area contributed by atoms with Crippen molar-refractivity contribution in [2.45, 2.75) is 12.3 Å². The summed E-state index contributed by atoms with van der Waals surface area (Å²) < 4.78 is 6.25. The largest absolute Gasteiger partial charge is 0.454 e. The molecule has 1 aromatic heterocycles. The highest BCUT2D eigenvalue weighted by molar-refractivity contribution is 6.37. The topological polar surface area (TPSA) is 49.6 Å². The normalized spacial score (nSPS) is 16.6. The minimum Gasteiger partial charge on any atom is -0.454 e. The zero-order valence-electron chi connectivity index (χ0n) is 24.7. The van der Waals surface area contributed by atoms with Crippen molar-refractivity contribution in [1.82, 2.24) is 10.6 Å². The van der Waals surface area contributed by atoms with Gasteiger partial charge in [0.15, 0.2) is 5.58 Å². The average molecular weight is 614 g/mol. The van der Waals surface area contributed by atoms with E-state index in [0.29, 0.717) is 10.6 Å². The van der Waals surface area contributed by atoms with Crippen LogP contribution < -0.4 is 10.6 Å². The zero-order chi connectivity index (χ0) is 30.6. The maximum atomic E-state index is 6.67. The number of hydrogen-bond donors (Lipinski definition) is 2. The number of nitrogens with one attached hydrogen (secondary N) is 2. The first kappa shape index (κ1) is 26.9. The number of rotatable bonds is 4. The van der Waals surface area contributed by atoms with Gasteiger partial charge in [0.25, 0.3) is 0 Å². The fourth-order valence-electron chi connectivity index (χ4n) is 6.84. The van der Waals surface area contributed by atoms with Gasteiger partial charge in [0.05, 0.1) is 5.02 Å². The number of amidine groups is 1. The second kappa shape index (κ2) is 10.9. The molecule has 9 rings (SSSR count). The third kappa shape index (κ3) is 4.46. The van der Waals surface area contributed by atoms with Crippen LogP contribution in [-0.4, -0.2) is 5.84 Å². The Morgan fingerprint density at radius 2 is 1.33 bits per heavy atom. The van der Waals surface area contributed by atoms with E-state index in [4.69, 9.17) is 21.0 Å². The average Bonchev–Trinajstić information content (AvgIpc) is 3.52. The number of aliphatic imine (C=N–C) groups is 1. The highest BCUT2D eigenvalue weighted by Gasteiger charge is 2.27. The molecule has 0 saturated carbocycles. The van der Waals surface area contributed by atoms with Crippen LogP contribution >= 0.6 is 11.6 Å². The summed E-state index contributed by atoms with van der Waals surface area (Å²) in [6.45, 7) is 0. The molecule has 4 nitrogen and oxygen atoms in total. The summed E-state index contributed by atoms with van der Waals surface area (Å²) in [6, 6.07) is 50.7. The number of fused-ring (bicyclic) bond motifs is 5. The lowest BCUT2D eigenvalue weighted by atomic mass is 9.91. The van der Waals surface area contributed by atoms with Crippen molar-refractivity contribution in [3.8, 4) is 11.1 Å². The molecule has 0 amide bonds. The van der Waals surface area contributed by atoms with E-state index < -0.39 is 0 Å². The second-order valence-corrected chi connectivity index (χ2v) is 12.1. The summed E-state index contributed by atoms with van der Waals surface area (Å²) >= 11 is 6.67. The Labute approximate surface area is 271 Å². The quantitative estimate of drug-likeness (QED) is 0.208. The maximum absolute atomic E-state index is 6.67. The number of hydrogen-bond acceptors (Lipinski definition) is 4. The molecule has 1 aliphatic rings. The molecule has 220 valence electrons. The predicted octanol–water partition coefficient (Wildman–Crippen LogP) is 10.5. The van der Waals surface area contributed by atoms with Crippen LogP contribution in [0.2, 0.25) is 5.02 Å². The van der Waals surface area contributed by atoms with Crippen molar-refractivity contribution in [2.24, 2.45) is 4.99 Å². The first-order valence-electron chi connectivity index (χ1n) is 15.5. The molecule has 2 heterocycles. The molecule has 0 spiro atoms. The van der Waals surface area contributed by atoms with Gasteiger partial charge < -0.3 is 9.73 Å². The van der Waals surface area contributed by atoms with Gasteiger partial charge in [-0.2, -0.15) is 0 Å². The van der Waals surface area contributed by atoms with Gasteiger partial charge >= 0.3 is 0 Å². The molecule has 7 aromatic carbocycles. The summed E-state index contributed by atoms with van der Waals surface area (Å²) in [5.41, 5.74) is 7.09. The smallest absolute Gasteiger partial charge is 0.154 e. The predicted molar refractivity (Wildman–Crippen MR) is 190 cm³/mol. The standard InChI is InChI=1S/C41H28ClN3O/c42-35-23-22-32(37-34-16-8-9-17-36(34)46-38(35)37)31-20-21-33(30-15-7-6-14-29(30)31)41-44-39(26-11-2-1-3-12-26)43-40(45-41)28-19-18-25-10-4-5-13-27(25)24-28/h1-24,39,41,44H,(H,43,45). The molecular weight excluding hydrogens is 586 g/mol. The molecule has 0 aliphatic carbocycles. The zero-order valence-corrected chi connectivity index (χ0v) is 25.5. The van der Waals surface area contributed by atoms with Crippen LogP contribution in [0.1, 0.15) is 29.0 Å². The Morgan fingerprint density at radius 1 is 0.609 bits per heavy atom. The Morgan fingerprint density at radius 3 is 2.20 bits per heavy atom. The SMILES string of the molecule is Clc1ccc(-c2ccc(C3NC(c4ccc5ccccc5c4)=NC(c4ccccc4)N3)c3ccccc23)c2c1oc1ccccc12. The van der Waals surface area contributed by atoms with Crippen molar-refractivity contribution in [2.75, 3.05) is 0 Å². The van der Waals surface area contributed by atoms with Crippen molar-refractivity contribution in [3.05, 3.63) is 167 Å². The molecule has 2 atom stereocenters. The van der Waals surface area contributed by atoms with E-state index >= 15 is 0 Å². The van der Waals surface area contributed by atoms with Gasteiger partial charge in [-0.3, -0.25) is 5.32 Å². The summed E-state index contributed by atoms with van der Waals surface area (Å²) in [4.78, 5) is 5.19. The van der Waals surface area contributed by atoms with Crippen LogP contribution in [0, 0.1) is 0 Å². The van der Waals surface area contributed by atoms with Gasteiger partial charge in [0.1, 0.15) is 23.8 Å². The number of para-hydroxylation sites is 1. The van der Waals surface area contributed by atoms with Gasteiger partial charge in [-0.25, -0.2) is 4.99 Å². The van der Waals surface area contributed by atoms with E-state index in [0.717, 1.165) is 60.8 Å². The third-order valence-corrected chi connectivity index (χ3v) is 9.34. The minimum atomic E-state index is -0.222. The van der Waals surface area contributed by atoms with E-state index in [2.05, 4.69) is 126 Å². The number of furan rings is 1. The van der Waals surface area contributed by atoms with E-state index in [9.17, 15) is 0 Å². The van der Waals surface area contributed by atoms with Crippen LogP contribution in [0.5, 0.6) is 0 Å². The molecule has 2 unspecified atom stereocenters. The number of nitrogens with zero attached hydrogens (tertiary/aromatic N) is 1. The van der Waals surface area contributed by atoms with E-state index in [1.165, 1.54) is 10.8 Å². The van der Waals surface area contributed by atoms with Gasteiger partial charge in [0, 0.05) is 16.3 Å². The molecule has 46 heavy (non-hydrogen) atoms. The van der Waals surface area contributed by atoms with Gasteiger partial charge in [0.2, 0.25) is 0 Å². The van der Waals surface area contributed by atoms with Gasteiger partial charge in [-0.05, 0) is 62.0 Å². The molecular formula is C41H28ClN3O. The van der Waals surface area contributed by atoms with Crippen LogP contribution in [0.3, 0.4) is 0 Å². The molecule has 0 fully saturated rings. The Hall–Kier alpha value is -5.42. The van der Waals surface area contributed by atoms with Crippen LogP contribution in [-0.2, 0) is 0 Å². The summed E-state index contributed by atoms with van der Waals surface area (Å²) in [7, 11) is 0. The molecule has 0 saturated heterocycles. The second-order valence-electron chi connectivity index (χ2n) is 11.7. The lowest BCUT2D eigenvalue weighted by Gasteiger charge is -2.33. The molecule has 1 aliphatic heterocycles. The van der Waals surface area contributed by atoms with Crippen LogP contribution in [0.25, 0.3) is 54.6 Å². The van der Waals surface area contributed by atoms with Crippen molar-refractivity contribution >= 4 is 60.9 Å². The van der Waals surface area contributed by atoms with Crippen LogP contribution in [0.4, 0.5) is 0 Å². The number of benzene rings is 7. The fourth-order valence-corrected chi connectivity index (χ4v) is 7.03. The van der Waals surface area contributed by atoms with Gasteiger partial charge in [-0.1, -0.05) is 139 Å². The van der Waals surface area contributed by atoms with E-state index in [1.54, 1.807) is 0 Å². The lowest BCUT2D eigenvalue weighted by molar-refractivity contribution is 0.411. The van der Waals surface area contributed by atoms with E-state index in [1.807, 2.05) is 30.3 Å². The summed E-state index contributed by atoms with van der Waals surface area (Å²) in [6.07, 6.45) is -0.413. The van der Waals surface area contributed by atoms with Crippen molar-refractivity contribution in [3.63, 3.8) is 0 Å². The highest BCUT2D eigenvalue weighted by atomic mass is 35.5. The van der Waals surface area contributed by atoms with E-state index in [-0.39, 0.29) is 12.3 Å². The van der Waals surface area contributed by atoms with Crippen molar-refractivity contribution in [1.29, 1.82) is 0 Å². The molecule has 0 bridgehead atoms. The minimum absolute atomic E-state index is 0.192. The Kier molecular flexibility index (Phi) is 6.37. The molecule has 2 N–H and O–H groups in total. The van der Waals surface area contributed by atoms with Gasteiger partial charge in [-0.15, -0.1) is 0 Å². The van der Waals surface area contributed by atoms with Crippen LogP contribution in [0.15, 0.2) is 155 Å². The molecule has 0 radical (unpaired) electrons.